The number of benzene rings is 1. The van der Waals surface area contributed by atoms with Crippen LogP contribution in [-0.2, 0) is 0 Å². The van der Waals surface area contributed by atoms with E-state index in [1.807, 2.05) is 0 Å². The van der Waals surface area contributed by atoms with Gasteiger partial charge in [-0.15, -0.1) is 0 Å². The first kappa shape index (κ1) is 11.6. The van der Waals surface area contributed by atoms with E-state index in [0.29, 0.717) is 11.3 Å². The zero-order chi connectivity index (χ0) is 11.4. The van der Waals surface area contributed by atoms with E-state index in [1.165, 1.54) is 11.8 Å². The van der Waals surface area contributed by atoms with Gasteiger partial charge in [0.05, 0.1) is 6.54 Å². The fraction of sp³-hybridized carbons (Fsp3) is 0.364. The molecule has 0 atom stereocenters. The molecule has 0 aliphatic carbocycles. The Morgan fingerprint density at radius 3 is 2.53 bits per heavy atom. The van der Waals surface area contributed by atoms with Gasteiger partial charge in [-0.3, -0.25) is 4.79 Å². The number of halogens is 2. The number of hydrogen-bond acceptors (Lipinski definition) is 2. The second kappa shape index (κ2) is 4.87. The van der Waals surface area contributed by atoms with Crippen LogP contribution in [0.4, 0.5) is 14.5 Å². The number of nitrogens with zero attached hydrogens (tertiary/aromatic N) is 1. The zero-order valence-electron chi connectivity index (χ0n) is 8.71. The van der Waals surface area contributed by atoms with Crippen LogP contribution in [0.2, 0.25) is 0 Å². The quantitative estimate of drug-likeness (QED) is 0.716. The lowest BCUT2D eigenvalue weighted by Crippen LogP contribution is -2.25. The summed E-state index contributed by atoms with van der Waals surface area (Å²) in [5.74, 6) is -0.119. The van der Waals surface area contributed by atoms with Gasteiger partial charge in [0.25, 0.3) is 6.43 Å². The maximum absolute atomic E-state index is 12.2. The number of alkyl halides is 2. The van der Waals surface area contributed by atoms with E-state index in [4.69, 9.17) is 0 Å². The van der Waals surface area contributed by atoms with E-state index in [-0.39, 0.29) is 12.3 Å². The Balaban J connectivity index is 2.97. The molecule has 0 spiro atoms. The number of para-hydroxylation sites is 1. The summed E-state index contributed by atoms with van der Waals surface area (Å²) in [6.45, 7) is 1.05. The Bertz CT molecular complexity index is 352. The number of carbonyl (C=O) groups is 1. The van der Waals surface area contributed by atoms with Gasteiger partial charge < -0.3 is 4.90 Å². The van der Waals surface area contributed by atoms with Crippen molar-refractivity contribution in [1.29, 1.82) is 0 Å². The molecule has 0 heterocycles. The van der Waals surface area contributed by atoms with Crippen LogP contribution in [0.1, 0.15) is 17.3 Å². The Morgan fingerprint density at radius 1 is 1.40 bits per heavy atom. The van der Waals surface area contributed by atoms with Crippen LogP contribution in [0, 0.1) is 0 Å². The van der Waals surface area contributed by atoms with Crippen LogP contribution in [0.15, 0.2) is 24.3 Å². The second-order valence-corrected chi connectivity index (χ2v) is 3.34. The molecule has 0 aliphatic heterocycles. The molecule has 0 unspecified atom stereocenters. The lowest BCUT2D eigenvalue weighted by Gasteiger charge is -2.20. The molecule has 1 rings (SSSR count). The summed E-state index contributed by atoms with van der Waals surface area (Å²) in [5, 5.41) is 0. The van der Waals surface area contributed by atoms with Crippen molar-refractivity contribution in [2.75, 3.05) is 18.5 Å². The first-order valence-electron chi connectivity index (χ1n) is 4.61. The molecule has 0 saturated heterocycles. The molecule has 0 saturated carbocycles. The van der Waals surface area contributed by atoms with Gasteiger partial charge in [0, 0.05) is 18.3 Å². The van der Waals surface area contributed by atoms with Crippen molar-refractivity contribution < 1.29 is 13.6 Å². The summed E-state index contributed by atoms with van der Waals surface area (Å²) < 4.78 is 24.4. The predicted molar refractivity (Wildman–Crippen MR) is 55.7 cm³/mol. The van der Waals surface area contributed by atoms with Crippen molar-refractivity contribution in [2.24, 2.45) is 0 Å². The van der Waals surface area contributed by atoms with Crippen molar-refractivity contribution in [1.82, 2.24) is 0 Å². The van der Waals surface area contributed by atoms with Crippen LogP contribution in [0.5, 0.6) is 0 Å². The molecule has 4 heteroatoms. The molecule has 1 aromatic carbocycles. The number of hydrogen-bond donors (Lipinski definition) is 0. The number of Topliss-reactive ketones (excluding diaryl/α,β-unsaturated/α-hetero) is 1. The third-order valence-corrected chi connectivity index (χ3v) is 2.11. The molecule has 0 N–H and O–H groups in total. The lowest BCUT2D eigenvalue weighted by molar-refractivity contribution is 0.101. The Kier molecular flexibility index (Phi) is 3.77. The van der Waals surface area contributed by atoms with Crippen LogP contribution in [0.25, 0.3) is 0 Å². The third-order valence-electron chi connectivity index (χ3n) is 2.11. The van der Waals surface area contributed by atoms with E-state index >= 15 is 0 Å². The average Bonchev–Trinajstić information content (AvgIpc) is 2.16. The molecule has 2 nitrogen and oxygen atoms in total. The number of ketones is 1. The molecule has 0 aromatic heterocycles. The number of rotatable bonds is 4. The summed E-state index contributed by atoms with van der Waals surface area (Å²) in [6, 6.07) is 6.75. The zero-order valence-corrected chi connectivity index (χ0v) is 8.71. The van der Waals surface area contributed by atoms with Crippen molar-refractivity contribution in [3.63, 3.8) is 0 Å². The summed E-state index contributed by atoms with van der Waals surface area (Å²) in [6.07, 6.45) is -2.41. The molecule has 0 radical (unpaired) electrons. The summed E-state index contributed by atoms with van der Waals surface area (Å²) in [7, 11) is 1.55. The first-order chi connectivity index (χ1) is 7.02. The first-order valence-corrected chi connectivity index (χ1v) is 4.61. The van der Waals surface area contributed by atoms with E-state index in [0.717, 1.165) is 0 Å². The smallest absolute Gasteiger partial charge is 0.255 e. The molecule has 15 heavy (non-hydrogen) atoms. The third kappa shape index (κ3) is 3.01. The normalized spacial score (nSPS) is 10.5. The summed E-state index contributed by atoms with van der Waals surface area (Å²) in [5.41, 5.74) is 1.02. The van der Waals surface area contributed by atoms with E-state index in [9.17, 15) is 13.6 Å². The number of anilines is 1. The highest BCUT2D eigenvalue weighted by Gasteiger charge is 2.13. The number of carbonyl (C=O) groups excluding carboxylic acids is 1. The molecule has 82 valence electrons. The van der Waals surface area contributed by atoms with Gasteiger partial charge in [-0.05, 0) is 19.1 Å². The predicted octanol–water partition coefficient (Wildman–Crippen LogP) is 2.59. The monoisotopic (exact) mass is 213 g/mol. The van der Waals surface area contributed by atoms with Gasteiger partial charge in [0.1, 0.15) is 0 Å². The fourth-order valence-corrected chi connectivity index (χ4v) is 1.41. The van der Waals surface area contributed by atoms with Gasteiger partial charge in [-0.2, -0.15) is 0 Å². The van der Waals surface area contributed by atoms with E-state index in [1.54, 1.807) is 31.3 Å². The molecule has 0 aliphatic rings. The molecule has 0 fully saturated rings. The average molecular weight is 213 g/mol. The molecule has 0 amide bonds. The fourth-order valence-electron chi connectivity index (χ4n) is 1.41. The van der Waals surface area contributed by atoms with Crippen LogP contribution in [0.3, 0.4) is 0 Å². The molecule has 1 aromatic rings. The van der Waals surface area contributed by atoms with Gasteiger partial charge in [-0.25, -0.2) is 8.78 Å². The molecular formula is C11H13F2NO. The minimum Gasteiger partial charge on any atom is -0.368 e. The largest absolute Gasteiger partial charge is 0.368 e. The minimum atomic E-state index is -2.41. The summed E-state index contributed by atoms with van der Waals surface area (Å²) in [4.78, 5) is 12.6. The van der Waals surface area contributed by atoms with Crippen LogP contribution < -0.4 is 4.90 Å². The van der Waals surface area contributed by atoms with Crippen molar-refractivity contribution in [2.45, 2.75) is 13.3 Å². The topological polar surface area (TPSA) is 20.3 Å². The summed E-state index contributed by atoms with van der Waals surface area (Å²) >= 11 is 0. The highest BCUT2D eigenvalue weighted by atomic mass is 19.3. The van der Waals surface area contributed by atoms with Gasteiger partial charge in [0.15, 0.2) is 5.78 Å². The van der Waals surface area contributed by atoms with Crippen molar-refractivity contribution >= 4 is 11.5 Å². The van der Waals surface area contributed by atoms with E-state index in [2.05, 4.69) is 0 Å². The maximum Gasteiger partial charge on any atom is 0.255 e. The van der Waals surface area contributed by atoms with Crippen LogP contribution >= 0.6 is 0 Å². The highest BCUT2D eigenvalue weighted by molar-refractivity contribution is 5.99. The van der Waals surface area contributed by atoms with Gasteiger partial charge in [0.2, 0.25) is 0 Å². The van der Waals surface area contributed by atoms with Gasteiger partial charge in [-0.1, -0.05) is 12.1 Å². The second-order valence-electron chi connectivity index (χ2n) is 3.34. The SMILES string of the molecule is CC(=O)c1ccccc1N(C)CC(F)F. The molecular weight excluding hydrogens is 200 g/mol. The van der Waals surface area contributed by atoms with Crippen LogP contribution in [-0.4, -0.2) is 25.8 Å². The Labute approximate surface area is 87.5 Å². The maximum atomic E-state index is 12.2. The molecule has 0 bridgehead atoms. The highest BCUT2D eigenvalue weighted by Crippen LogP contribution is 2.20. The standard InChI is InChI=1S/C11H13F2NO/c1-8(15)9-5-3-4-6-10(9)14(2)7-11(12)13/h3-6,11H,7H2,1-2H3. The van der Waals surface area contributed by atoms with E-state index < -0.39 is 6.43 Å². The Hall–Kier alpha value is -1.45. The van der Waals surface area contributed by atoms with Crippen molar-refractivity contribution in [3.05, 3.63) is 29.8 Å². The van der Waals surface area contributed by atoms with Crippen molar-refractivity contribution in [3.8, 4) is 0 Å². The Morgan fingerprint density at radius 2 is 2.00 bits per heavy atom. The lowest BCUT2D eigenvalue weighted by atomic mass is 10.1. The minimum absolute atomic E-state index is 0.119. The van der Waals surface area contributed by atoms with Gasteiger partial charge >= 0.3 is 0 Å².